The molecule has 0 radical (unpaired) electrons. The SMILES string of the molecule is CC1CSC(C)(CCCn2ccnc2)SC1. The van der Waals surface area contributed by atoms with Crippen LogP contribution < -0.4 is 0 Å². The van der Waals surface area contributed by atoms with Crippen LogP contribution in [0.15, 0.2) is 18.7 Å². The molecule has 4 heteroatoms. The minimum absolute atomic E-state index is 0.451. The number of hydrogen-bond acceptors (Lipinski definition) is 3. The first-order valence-electron chi connectivity index (χ1n) is 5.92. The first kappa shape index (κ1) is 12.4. The summed E-state index contributed by atoms with van der Waals surface area (Å²) >= 11 is 4.30. The summed E-state index contributed by atoms with van der Waals surface area (Å²) in [6.45, 7) is 5.86. The summed E-state index contributed by atoms with van der Waals surface area (Å²) < 4.78 is 2.62. The Morgan fingerprint density at radius 3 is 2.81 bits per heavy atom. The van der Waals surface area contributed by atoms with E-state index in [2.05, 4.69) is 46.9 Å². The topological polar surface area (TPSA) is 17.8 Å². The van der Waals surface area contributed by atoms with E-state index in [0.29, 0.717) is 4.08 Å². The predicted octanol–water partition coefficient (Wildman–Crippen LogP) is 3.50. The van der Waals surface area contributed by atoms with Crippen LogP contribution in [0.5, 0.6) is 0 Å². The lowest BCUT2D eigenvalue weighted by atomic mass is 10.2. The van der Waals surface area contributed by atoms with Gasteiger partial charge in [0.15, 0.2) is 0 Å². The van der Waals surface area contributed by atoms with Crippen molar-refractivity contribution in [2.24, 2.45) is 5.92 Å². The van der Waals surface area contributed by atoms with E-state index in [9.17, 15) is 0 Å². The Morgan fingerprint density at radius 1 is 1.44 bits per heavy atom. The Kier molecular flexibility index (Phi) is 4.25. The van der Waals surface area contributed by atoms with E-state index in [1.54, 1.807) is 0 Å². The molecule has 0 unspecified atom stereocenters. The van der Waals surface area contributed by atoms with E-state index in [-0.39, 0.29) is 0 Å². The van der Waals surface area contributed by atoms with E-state index in [1.807, 2.05) is 18.7 Å². The van der Waals surface area contributed by atoms with E-state index in [1.165, 1.54) is 24.3 Å². The predicted molar refractivity (Wildman–Crippen MR) is 73.9 cm³/mol. The second-order valence-electron chi connectivity index (χ2n) is 4.77. The van der Waals surface area contributed by atoms with Crippen molar-refractivity contribution in [1.29, 1.82) is 0 Å². The fraction of sp³-hybridized carbons (Fsp3) is 0.750. The number of aryl methyl sites for hydroxylation is 1. The Hall–Kier alpha value is -0.0900. The first-order chi connectivity index (χ1) is 7.68. The van der Waals surface area contributed by atoms with Crippen molar-refractivity contribution in [1.82, 2.24) is 9.55 Å². The van der Waals surface area contributed by atoms with Crippen molar-refractivity contribution in [2.45, 2.75) is 37.3 Å². The van der Waals surface area contributed by atoms with E-state index >= 15 is 0 Å². The molecule has 0 amide bonds. The van der Waals surface area contributed by atoms with Crippen LogP contribution in [0.2, 0.25) is 0 Å². The van der Waals surface area contributed by atoms with Gasteiger partial charge in [-0.3, -0.25) is 0 Å². The average molecular weight is 256 g/mol. The molecule has 1 saturated heterocycles. The van der Waals surface area contributed by atoms with Crippen LogP contribution in [0.4, 0.5) is 0 Å². The van der Waals surface area contributed by atoms with Gasteiger partial charge in [0.25, 0.3) is 0 Å². The summed E-state index contributed by atoms with van der Waals surface area (Å²) in [5.74, 6) is 3.54. The molecule has 0 atom stereocenters. The highest BCUT2D eigenvalue weighted by atomic mass is 32.2. The molecular formula is C12H20N2S2. The van der Waals surface area contributed by atoms with Gasteiger partial charge >= 0.3 is 0 Å². The zero-order valence-corrected chi connectivity index (χ0v) is 11.7. The normalized spacial score (nSPS) is 30.5. The maximum absolute atomic E-state index is 4.07. The molecule has 1 aliphatic heterocycles. The van der Waals surface area contributed by atoms with Crippen LogP contribution in [0.1, 0.15) is 26.7 Å². The summed E-state index contributed by atoms with van der Waals surface area (Å²) in [6, 6.07) is 0. The maximum atomic E-state index is 4.07. The molecule has 2 nitrogen and oxygen atoms in total. The average Bonchev–Trinajstić information content (AvgIpc) is 2.76. The lowest BCUT2D eigenvalue weighted by molar-refractivity contribution is 0.589. The third-order valence-corrected chi connectivity index (χ3v) is 6.76. The summed E-state index contributed by atoms with van der Waals surface area (Å²) in [5, 5.41) is 0. The Bertz CT molecular complexity index is 303. The van der Waals surface area contributed by atoms with Gasteiger partial charge in [0.2, 0.25) is 0 Å². The Labute approximate surface area is 107 Å². The monoisotopic (exact) mass is 256 g/mol. The van der Waals surface area contributed by atoms with Gasteiger partial charge in [-0.1, -0.05) is 6.92 Å². The van der Waals surface area contributed by atoms with Crippen LogP contribution in [-0.4, -0.2) is 25.1 Å². The van der Waals surface area contributed by atoms with Crippen molar-refractivity contribution < 1.29 is 0 Å². The molecule has 90 valence electrons. The molecule has 2 rings (SSSR count). The van der Waals surface area contributed by atoms with Crippen molar-refractivity contribution in [3.63, 3.8) is 0 Å². The summed E-state index contributed by atoms with van der Waals surface area (Å²) in [6.07, 6.45) is 8.36. The molecule has 0 N–H and O–H groups in total. The molecule has 1 aromatic rings. The zero-order chi connectivity index (χ0) is 11.4. The lowest BCUT2D eigenvalue weighted by Crippen LogP contribution is -2.25. The molecular weight excluding hydrogens is 236 g/mol. The van der Waals surface area contributed by atoms with Gasteiger partial charge < -0.3 is 4.57 Å². The number of rotatable bonds is 4. The van der Waals surface area contributed by atoms with Gasteiger partial charge in [-0.25, -0.2) is 4.98 Å². The molecule has 0 spiro atoms. The Morgan fingerprint density at radius 2 is 2.19 bits per heavy atom. The van der Waals surface area contributed by atoms with Crippen molar-refractivity contribution in [3.8, 4) is 0 Å². The summed E-state index contributed by atoms with van der Waals surface area (Å²) in [7, 11) is 0. The van der Waals surface area contributed by atoms with E-state index in [4.69, 9.17) is 0 Å². The second-order valence-corrected chi connectivity index (χ2v) is 8.07. The molecule has 0 aliphatic carbocycles. The smallest absolute Gasteiger partial charge is 0.0945 e. The third kappa shape index (κ3) is 3.45. The highest BCUT2D eigenvalue weighted by molar-refractivity contribution is 8.18. The zero-order valence-electron chi connectivity index (χ0n) is 10.1. The fourth-order valence-electron chi connectivity index (χ4n) is 1.87. The van der Waals surface area contributed by atoms with Crippen molar-refractivity contribution in [3.05, 3.63) is 18.7 Å². The molecule has 0 bridgehead atoms. The van der Waals surface area contributed by atoms with Crippen molar-refractivity contribution in [2.75, 3.05) is 11.5 Å². The number of nitrogens with zero attached hydrogens (tertiary/aromatic N) is 2. The summed E-state index contributed by atoms with van der Waals surface area (Å²) in [5.41, 5.74) is 0. The van der Waals surface area contributed by atoms with Gasteiger partial charge in [0.1, 0.15) is 0 Å². The second kappa shape index (κ2) is 5.50. The lowest BCUT2D eigenvalue weighted by Gasteiger charge is -2.35. The van der Waals surface area contributed by atoms with Gasteiger partial charge in [0, 0.05) is 18.9 Å². The number of hydrogen-bond donors (Lipinski definition) is 0. The molecule has 0 saturated carbocycles. The van der Waals surface area contributed by atoms with Crippen LogP contribution in [0.25, 0.3) is 0 Å². The largest absolute Gasteiger partial charge is 0.337 e. The van der Waals surface area contributed by atoms with E-state index < -0.39 is 0 Å². The first-order valence-corrected chi connectivity index (χ1v) is 7.89. The molecule has 1 aliphatic rings. The van der Waals surface area contributed by atoms with Gasteiger partial charge in [-0.2, -0.15) is 0 Å². The number of imidazole rings is 1. The Balaban J connectivity index is 1.73. The number of aromatic nitrogens is 2. The maximum Gasteiger partial charge on any atom is 0.0945 e. The summed E-state index contributed by atoms with van der Waals surface area (Å²) in [4.78, 5) is 4.07. The standard InChI is InChI=1S/C12H20N2S2/c1-11-8-15-12(2,16-9-11)4-3-6-14-7-5-13-10-14/h5,7,10-11H,3-4,6,8-9H2,1-2H3. The molecule has 0 aromatic carbocycles. The third-order valence-electron chi connectivity index (χ3n) is 2.95. The molecule has 16 heavy (non-hydrogen) atoms. The highest BCUT2D eigenvalue weighted by Gasteiger charge is 2.30. The van der Waals surface area contributed by atoms with Gasteiger partial charge in [0.05, 0.1) is 10.4 Å². The van der Waals surface area contributed by atoms with Gasteiger partial charge in [-0.05, 0) is 37.2 Å². The molecule has 1 fully saturated rings. The van der Waals surface area contributed by atoms with Crippen LogP contribution in [0.3, 0.4) is 0 Å². The molecule has 1 aromatic heterocycles. The van der Waals surface area contributed by atoms with Gasteiger partial charge in [-0.15, -0.1) is 23.5 Å². The minimum atomic E-state index is 0.451. The van der Waals surface area contributed by atoms with E-state index in [0.717, 1.165) is 12.5 Å². The van der Waals surface area contributed by atoms with Crippen LogP contribution >= 0.6 is 23.5 Å². The fourth-order valence-corrected chi connectivity index (χ4v) is 4.85. The quantitative estimate of drug-likeness (QED) is 0.821. The van der Waals surface area contributed by atoms with Crippen LogP contribution in [-0.2, 0) is 6.54 Å². The molecule has 2 heterocycles. The van der Waals surface area contributed by atoms with Crippen LogP contribution in [0, 0.1) is 5.92 Å². The number of thioether (sulfide) groups is 2. The van der Waals surface area contributed by atoms with Crippen molar-refractivity contribution >= 4 is 23.5 Å². The minimum Gasteiger partial charge on any atom is -0.337 e. The highest BCUT2D eigenvalue weighted by Crippen LogP contribution is 2.46.